The molecule has 0 bridgehead atoms. The summed E-state index contributed by atoms with van der Waals surface area (Å²) >= 11 is 1.61. The lowest BCUT2D eigenvalue weighted by Gasteiger charge is -2.11. The van der Waals surface area contributed by atoms with E-state index >= 15 is 0 Å². The molecule has 3 nitrogen and oxygen atoms in total. The van der Waals surface area contributed by atoms with Crippen LogP contribution in [0.15, 0.2) is 72.0 Å². The summed E-state index contributed by atoms with van der Waals surface area (Å²) in [4.78, 5) is 4.56. The number of hydrogen-bond donors (Lipinski definition) is 0. The lowest BCUT2D eigenvalue weighted by molar-refractivity contribution is 0.900. The van der Waals surface area contributed by atoms with E-state index in [0.29, 0.717) is 6.42 Å². The lowest BCUT2D eigenvalue weighted by atomic mass is 10.1. The van der Waals surface area contributed by atoms with Crippen molar-refractivity contribution in [1.82, 2.24) is 9.55 Å². The zero-order valence-corrected chi connectivity index (χ0v) is 12.8. The van der Waals surface area contributed by atoms with Crippen molar-refractivity contribution in [2.24, 2.45) is 0 Å². The second-order valence-corrected chi connectivity index (χ2v) is 5.78. The molecule has 0 amide bonds. The van der Waals surface area contributed by atoms with Crippen molar-refractivity contribution in [3.05, 3.63) is 66.9 Å². The summed E-state index contributed by atoms with van der Waals surface area (Å²) in [7, 11) is 0. The van der Waals surface area contributed by atoms with Gasteiger partial charge in [0.2, 0.25) is 0 Å². The fourth-order valence-corrected chi connectivity index (χ4v) is 3.10. The number of imidazole rings is 1. The van der Waals surface area contributed by atoms with Crippen LogP contribution in [0.1, 0.15) is 6.42 Å². The largest absolute Gasteiger partial charge is 0.287 e. The molecule has 22 heavy (non-hydrogen) atoms. The Labute approximate surface area is 134 Å². The maximum absolute atomic E-state index is 8.72. The number of para-hydroxylation sites is 1. The molecule has 0 spiro atoms. The third-order valence-corrected chi connectivity index (χ3v) is 4.21. The quantitative estimate of drug-likeness (QED) is 0.513. The van der Waals surface area contributed by atoms with Gasteiger partial charge >= 0.3 is 0 Å². The number of hydrogen-bond acceptors (Lipinski definition) is 3. The van der Waals surface area contributed by atoms with E-state index in [-0.39, 0.29) is 0 Å². The van der Waals surface area contributed by atoms with Gasteiger partial charge in [-0.15, -0.1) is 0 Å². The number of thioether (sulfide) groups is 1. The third kappa shape index (κ3) is 3.05. The zero-order valence-electron chi connectivity index (χ0n) is 12.0. The Morgan fingerprint density at radius 3 is 2.36 bits per heavy atom. The first-order valence-corrected chi connectivity index (χ1v) is 8.07. The van der Waals surface area contributed by atoms with Crippen molar-refractivity contribution in [1.29, 1.82) is 5.26 Å². The average Bonchev–Trinajstić information content (AvgIpc) is 3.01. The highest BCUT2D eigenvalue weighted by atomic mass is 32.2. The first-order chi connectivity index (χ1) is 10.9. The van der Waals surface area contributed by atoms with Gasteiger partial charge in [0.15, 0.2) is 5.16 Å². The maximum atomic E-state index is 8.72. The molecule has 1 heterocycles. The number of nitriles is 1. The molecular formula is C18H15N3S. The molecule has 1 aromatic heterocycles. The minimum absolute atomic E-state index is 0.521. The molecule has 108 valence electrons. The van der Waals surface area contributed by atoms with Gasteiger partial charge in [0, 0.05) is 23.4 Å². The first-order valence-electron chi connectivity index (χ1n) is 7.08. The van der Waals surface area contributed by atoms with Crippen LogP contribution < -0.4 is 0 Å². The SMILES string of the molecule is N#CCCSc1ncc(-c2ccccc2)n1-c1ccccc1. The van der Waals surface area contributed by atoms with Crippen molar-refractivity contribution >= 4 is 11.8 Å². The van der Waals surface area contributed by atoms with Crippen LogP contribution in [-0.4, -0.2) is 15.3 Å². The Morgan fingerprint density at radius 1 is 1.00 bits per heavy atom. The Balaban J connectivity index is 2.06. The minimum Gasteiger partial charge on any atom is -0.287 e. The van der Waals surface area contributed by atoms with Crippen LogP contribution in [0.2, 0.25) is 0 Å². The normalized spacial score (nSPS) is 10.3. The van der Waals surface area contributed by atoms with Gasteiger partial charge in [-0.3, -0.25) is 4.57 Å². The van der Waals surface area contributed by atoms with E-state index in [4.69, 9.17) is 5.26 Å². The minimum atomic E-state index is 0.521. The molecule has 0 atom stereocenters. The molecule has 0 radical (unpaired) electrons. The predicted molar refractivity (Wildman–Crippen MR) is 90.0 cm³/mol. The number of nitrogens with zero attached hydrogens (tertiary/aromatic N) is 3. The van der Waals surface area contributed by atoms with E-state index < -0.39 is 0 Å². The van der Waals surface area contributed by atoms with Gasteiger partial charge in [0.25, 0.3) is 0 Å². The molecule has 3 rings (SSSR count). The van der Waals surface area contributed by atoms with Gasteiger partial charge in [0.1, 0.15) is 0 Å². The van der Waals surface area contributed by atoms with Gasteiger partial charge in [-0.05, 0) is 12.1 Å². The third-order valence-electron chi connectivity index (χ3n) is 3.26. The highest BCUT2D eigenvalue weighted by Gasteiger charge is 2.13. The molecule has 0 saturated heterocycles. The summed E-state index contributed by atoms with van der Waals surface area (Å²) in [5, 5.41) is 9.64. The van der Waals surface area contributed by atoms with Crippen molar-refractivity contribution in [3.63, 3.8) is 0 Å². The summed E-state index contributed by atoms with van der Waals surface area (Å²) < 4.78 is 2.15. The van der Waals surface area contributed by atoms with E-state index in [2.05, 4.69) is 39.9 Å². The Morgan fingerprint density at radius 2 is 1.68 bits per heavy atom. The molecule has 0 fully saturated rings. The molecule has 0 aliphatic rings. The van der Waals surface area contributed by atoms with Crippen LogP contribution in [0.25, 0.3) is 16.9 Å². The van der Waals surface area contributed by atoms with Crippen LogP contribution in [0, 0.1) is 11.3 Å². The van der Waals surface area contributed by atoms with Gasteiger partial charge < -0.3 is 0 Å². The molecule has 2 aromatic carbocycles. The van der Waals surface area contributed by atoms with Crippen LogP contribution >= 0.6 is 11.8 Å². The van der Waals surface area contributed by atoms with E-state index in [1.807, 2.05) is 42.6 Å². The molecule has 0 aliphatic carbocycles. The summed E-state index contributed by atoms with van der Waals surface area (Å²) in [6.07, 6.45) is 2.42. The van der Waals surface area contributed by atoms with Gasteiger partial charge in [-0.2, -0.15) is 5.26 Å². The zero-order chi connectivity index (χ0) is 15.2. The second kappa shape index (κ2) is 6.97. The van der Waals surface area contributed by atoms with Crippen molar-refractivity contribution < 1.29 is 0 Å². The average molecular weight is 305 g/mol. The van der Waals surface area contributed by atoms with Crippen LogP contribution in [0.3, 0.4) is 0 Å². The monoisotopic (exact) mass is 305 g/mol. The van der Waals surface area contributed by atoms with Gasteiger partial charge in [-0.25, -0.2) is 4.98 Å². The maximum Gasteiger partial charge on any atom is 0.173 e. The van der Waals surface area contributed by atoms with Crippen molar-refractivity contribution in [2.75, 3.05) is 5.75 Å². The fraction of sp³-hybridized carbons (Fsp3) is 0.111. The molecule has 0 unspecified atom stereocenters. The molecule has 0 aliphatic heterocycles. The van der Waals surface area contributed by atoms with E-state index in [1.165, 1.54) is 0 Å². The Bertz CT molecular complexity index is 773. The molecule has 0 saturated carbocycles. The number of benzene rings is 2. The van der Waals surface area contributed by atoms with E-state index in [1.54, 1.807) is 11.8 Å². The smallest absolute Gasteiger partial charge is 0.173 e. The van der Waals surface area contributed by atoms with Crippen molar-refractivity contribution in [2.45, 2.75) is 11.6 Å². The van der Waals surface area contributed by atoms with E-state index in [0.717, 1.165) is 27.9 Å². The fourth-order valence-electron chi connectivity index (χ4n) is 2.26. The van der Waals surface area contributed by atoms with Gasteiger partial charge in [0.05, 0.1) is 18.0 Å². The summed E-state index contributed by atoms with van der Waals surface area (Å²) in [6, 6.07) is 22.6. The van der Waals surface area contributed by atoms with Crippen LogP contribution in [-0.2, 0) is 0 Å². The van der Waals surface area contributed by atoms with Crippen LogP contribution in [0.4, 0.5) is 0 Å². The summed E-state index contributed by atoms with van der Waals surface area (Å²) in [5.41, 5.74) is 3.27. The number of aromatic nitrogens is 2. The highest BCUT2D eigenvalue weighted by Crippen LogP contribution is 2.29. The Kier molecular flexibility index (Phi) is 4.57. The first kappa shape index (κ1) is 14.4. The van der Waals surface area contributed by atoms with Gasteiger partial charge in [-0.1, -0.05) is 60.3 Å². The summed E-state index contributed by atoms with van der Waals surface area (Å²) in [6.45, 7) is 0. The topological polar surface area (TPSA) is 41.6 Å². The lowest BCUT2D eigenvalue weighted by Crippen LogP contribution is -1.99. The molecule has 4 heteroatoms. The molecule has 3 aromatic rings. The Hall–Kier alpha value is -2.51. The molecular weight excluding hydrogens is 290 g/mol. The van der Waals surface area contributed by atoms with Crippen molar-refractivity contribution in [3.8, 4) is 23.0 Å². The summed E-state index contributed by atoms with van der Waals surface area (Å²) in [5.74, 6) is 0.745. The van der Waals surface area contributed by atoms with Crippen LogP contribution in [0.5, 0.6) is 0 Å². The highest BCUT2D eigenvalue weighted by molar-refractivity contribution is 7.99. The molecule has 0 N–H and O–H groups in total. The predicted octanol–water partition coefficient (Wildman–Crippen LogP) is 4.55. The number of rotatable bonds is 5. The second-order valence-electron chi connectivity index (χ2n) is 4.72. The van der Waals surface area contributed by atoms with E-state index in [9.17, 15) is 0 Å². The standard InChI is InChI=1S/C18H15N3S/c19-12-7-13-22-18-20-14-17(15-8-3-1-4-9-15)21(18)16-10-5-2-6-11-16/h1-6,8-11,14H,7,13H2.